The Morgan fingerprint density at radius 3 is 2.78 bits per heavy atom. The van der Waals surface area contributed by atoms with E-state index < -0.39 is 51.6 Å². The molecule has 0 bridgehead atoms. The van der Waals surface area contributed by atoms with Crippen molar-refractivity contribution in [1.82, 2.24) is 5.32 Å². The lowest BCUT2D eigenvalue weighted by Gasteiger charge is -2.01. The van der Waals surface area contributed by atoms with Gasteiger partial charge in [0, 0.05) is 0 Å². The normalized spacial score (nSPS) is 19.6. The number of aliphatic carboxylic acids is 1. The van der Waals surface area contributed by atoms with Crippen molar-refractivity contribution < 1.29 is 27.9 Å². The van der Waals surface area contributed by atoms with Crippen LogP contribution in [0.3, 0.4) is 0 Å². The van der Waals surface area contributed by atoms with Crippen LogP contribution in [0.5, 0.6) is 0 Å². The number of amides is 1. The summed E-state index contributed by atoms with van der Waals surface area (Å²) < 4.78 is 40.2. The Bertz CT molecular complexity index is 742. The van der Waals surface area contributed by atoms with Gasteiger partial charge in [0.2, 0.25) is 5.91 Å². The predicted octanol–water partition coefficient (Wildman–Crippen LogP) is 2.15. The molecule has 1 unspecified atom stereocenters. The maximum Gasteiger partial charge on any atom is 0.305 e. The number of carboxylic acids is 1. The average Bonchev–Trinajstić information content (AvgIpc) is 2.80. The van der Waals surface area contributed by atoms with Crippen LogP contribution in [-0.4, -0.2) is 33.6 Å². The number of nitrogens with zero attached hydrogens (tertiary/aromatic N) is 2. The molecule has 23 heavy (non-hydrogen) atoms. The van der Waals surface area contributed by atoms with Crippen molar-refractivity contribution >= 4 is 46.6 Å². The van der Waals surface area contributed by atoms with E-state index in [-0.39, 0.29) is 5.17 Å². The largest absolute Gasteiger partial charge is 0.481 e. The minimum Gasteiger partial charge on any atom is -0.481 e. The Kier molecular flexibility index (Phi) is 5.26. The van der Waals surface area contributed by atoms with E-state index in [1.807, 2.05) is 0 Å². The highest BCUT2D eigenvalue weighted by atomic mass is 35.5. The molecule has 0 spiro atoms. The second-order valence-electron chi connectivity index (χ2n) is 4.23. The van der Waals surface area contributed by atoms with Crippen molar-refractivity contribution in [3.8, 4) is 0 Å². The third-order valence-corrected chi connectivity index (χ3v) is 3.97. The standard InChI is InChI=1S/C12H7ClF3N3O3S/c13-5-1-6(14)4(9(15)10(5)16)3-17-19-12-18-11(22)7(23-12)2-8(20)21/h1,3,7H,2H2,(H,20,21)(H,18,19,22). The molecule has 0 radical (unpaired) electrons. The average molecular weight is 366 g/mol. The van der Waals surface area contributed by atoms with Crippen molar-refractivity contribution in [2.75, 3.05) is 0 Å². The molecule has 1 saturated heterocycles. The molecule has 0 aliphatic carbocycles. The Morgan fingerprint density at radius 1 is 1.43 bits per heavy atom. The topological polar surface area (TPSA) is 91.1 Å². The number of carbonyl (C=O) groups excluding carboxylic acids is 1. The fourth-order valence-electron chi connectivity index (χ4n) is 1.58. The lowest BCUT2D eigenvalue weighted by molar-refractivity contribution is -0.138. The van der Waals surface area contributed by atoms with E-state index >= 15 is 0 Å². The highest BCUT2D eigenvalue weighted by Crippen LogP contribution is 2.24. The van der Waals surface area contributed by atoms with Crippen LogP contribution in [0.15, 0.2) is 16.3 Å². The molecular formula is C12H7ClF3N3O3S. The molecular weight excluding hydrogens is 359 g/mol. The maximum absolute atomic E-state index is 13.5. The molecule has 1 heterocycles. The van der Waals surface area contributed by atoms with Gasteiger partial charge in [0.25, 0.3) is 0 Å². The van der Waals surface area contributed by atoms with Crippen molar-refractivity contribution in [3.63, 3.8) is 0 Å². The van der Waals surface area contributed by atoms with Gasteiger partial charge in [-0.1, -0.05) is 23.4 Å². The minimum absolute atomic E-state index is 0.0345. The zero-order valence-electron chi connectivity index (χ0n) is 11.0. The lowest BCUT2D eigenvalue weighted by Crippen LogP contribution is -2.26. The van der Waals surface area contributed by atoms with E-state index in [2.05, 4.69) is 15.5 Å². The molecule has 2 rings (SSSR count). The van der Waals surface area contributed by atoms with Crippen molar-refractivity contribution in [1.29, 1.82) is 0 Å². The number of hydrogen-bond acceptors (Lipinski definition) is 5. The van der Waals surface area contributed by atoms with Gasteiger partial charge >= 0.3 is 5.97 Å². The molecule has 11 heteroatoms. The number of hydrogen-bond donors (Lipinski definition) is 2. The minimum atomic E-state index is -1.52. The fraction of sp³-hybridized carbons (Fsp3) is 0.167. The second kappa shape index (κ2) is 7.01. The third kappa shape index (κ3) is 4.02. The van der Waals surface area contributed by atoms with Gasteiger partial charge in [0.05, 0.1) is 23.2 Å². The summed E-state index contributed by atoms with van der Waals surface area (Å²) in [7, 11) is 0. The summed E-state index contributed by atoms with van der Waals surface area (Å²) in [6.45, 7) is 0. The summed E-state index contributed by atoms with van der Waals surface area (Å²) in [4.78, 5) is 22.0. The summed E-state index contributed by atoms with van der Waals surface area (Å²) in [5.74, 6) is -5.81. The smallest absolute Gasteiger partial charge is 0.305 e. The van der Waals surface area contributed by atoms with Gasteiger partial charge in [0.15, 0.2) is 16.8 Å². The number of thioether (sulfide) groups is 1. The highest BCUT2D eigenvalue weighted by molar-refractivity contribution is 8.15. The van der Waals surface area contributed by atoms with Gasteiger partial charge < -0.3 is 10.4 Å². The van der Waals surface area contributed by atoms with Crippen LogP contribution in [0, 0.1) is 17.5 Å². The molecule has 0 saturated carbocycles. The maximum atomic E-state index is 13.5. The van der Waals surface area contributed by atoms with Gasteiger partial charge in [0.1, 0.15) is 11.1 Å². The van der Waals surface area contributed by atoms with Crippen molar-refractivity contribution in [2.24, 2.45) is 10.2 Å². The number of nitrogens with one attached hydrogen (secondary N) is 1. The number of carboxylic acid groups (broad SMARTS) is 1. The van der Waals surface area contributed by atoms with Crippen LogP contribution in [0.4, 0.5) is 13.2 Å². The second-order valence-corrected chi connectivity index (χ2v) is 5.82. The summed E-state index contributed by atoms with van der Waals surface area (Å²) in [6.07, 6.45) is 0.208. The van der Waals surface area contributed by atoms with E-state index in [0.29, 0.717) is 12.3 Å². The first-order valence-corrected chi connectivity index (χ1v) is 7.18. The molecule has 0 aromatic heterocycles. The highest BCUT2D eigenvalue weighted by Gasteiger charge is 2.32. The molecule has 6 nitrogen and oxygen atoms in total. The van der Waals surface area contributed by atoms with Gasteiger partial charge in [-0.25, -0.2) is 13.2 Å². The van der Waals surface area contributed by atoms with Crippen LogP contribution < -0.4 is 5.32 Å². The summed E-state index contributed by atoms with van der Waals surface area (Å²) in [5.41, 5.74) is -0.785. The molecule has 122 valence electrons. The van der Waals surface area contributed by atoms with Crippen LogP contribution in [-0.2, 0) is 9.59 Å². The third-order valence-electron chi connectivity index (χ3n) is 2.62. The van der Waals surface area contributed by atoms with E-state index in [1.54, 1.807) is 0 Å². The first-order chi connectivity index (χ1) is 10.8. The SMILES string of the molecule is O=C(O)CC1SC(=NN=Cc2c(F)cc(Cl)c(F)c2F)NC1=O. The zero-order valence-corrected chi connectivity index (χ0v) is 12.6. The Morgan fingerprint density at radius 2 is 2.13 bits per heavy atom. The van der Waals surface area contributed by atoms with Gasteiger partial charge in [-0.05, 0) is 6.07 Å². The number of rotatable bonds is 4. The monoisotopic (exact) mass is 365 g/mol. The van der Waals surface area contributed by atoms with Crippen LogP contribution in [0.2, 0.25) is 5.02 Å². The zero-order chi connectivity index (χ0) is 17.1. The molecule has 1 aliphatic heterocycles. The van der Waals surface area contributed by atoms with Gasteiger partial charge in [-0.15, -0.1) is 5.10 Å². The Balaban J connectivity index is 2.15. The van der Waals surface area contributed by atoms with Crippen LogP contribution >= 0.6 is 23.4 Å². The fourth-order valence-corrected chi connectivity index (χ4v) is 2.68. The number of halogens is 4. The molecule has 2 N–H and O–H groups in total. The molecule has 1 aromatic carbocycles. The van der Waals surface area contributed by atoms with E-state index in [1.165, 1.54) is 0 Å². The number of carbonyl (C=O) groups is 2. The lowest BCUT2D eigenvalue weighted by atomic mass is 10.2. The van der Waals surface area contributed by atoms with Gasteiger partial charge in [-0.2, -0.15) is 5.10 Å². The van der Waals surface area contributed by atoms with Crippen molar-refractivity contribution in [3.05, 3.63) is 34.1 Å². The predicted molar refractivity (Wildman–Crippen MR) is 78.1 cm³/mol. The molecule has 1 fully saturated rings. The number of amidine groups is 1. The molecule has 1 atom stereocenters. The first-order valence-electron chi connectivity index (χ1n) is 5.93. The van der Waals surface area contributed by atoms with E-state index in [4.69, 9.17) is 16.7 Å². The summed E-state index contributed by atoms with van der Waals surface area (Å²) in [6, 6.07) is 0.587. The Labute approximate surface area is 136 Å². The molecule has 1 amide bonds. The van der Waals surface area contributed by atoms with Crippen LogP contribution in [0.25, 0.3) is 0 Å². The van der Waals surface area contributed by atoms with Gasteiger partial charge in [-0.3, -0.25) is 9.59 Å². The quantitative estimate of drug-likeness (QED) is 0.370. The summed E-state index contributed by atoms with van der Waals surface area (Å²) >= 11 is 6.08. The Hall–Kier alpha value is -2.07. The van der Waals surface area contributed by atoms with Crippen LogP contribution in [0.1, 0.15) is 12.0 Å². The van der Waals surface area contributed by atoms with Crippen molar-refractivity contribution in [2.45, 2.75) is 11.7 Å². The number of benzene rings is 1. The first kappa shape index (κ1) is 17.3. The molecule has 1 aliphatic rings. The van der Waals surface area contributed by atoms with E-state index in [0.717, 1.165) is 11.8 Å². The molecule has 1 aromatic rings. The summed E-state index contributed by atoms with van der Waals surface area (Å²) in [5, 5.41) is 16.1. The van der Waals surface area contributed by atoms with E-state index in [9.17, 15) is 22.8 Å².